The molecular weight excluding hydrogens is 414 g/mol. The first-order valence-electron chi connectivity index (χ1n) is 9.53. The van der Waals surface area contributed by atoms with Crippen molar-refractivity contribution < 1.29 is 18.0 Å². The van der Waals surface area contributed by atoms with Gasteiger partial charge in [0.25, 0.3) is 15.9 Å². The van der Waals surface area contributed by atoms with E-state index in [9.17, 15) is 18.0 Å². The maximum atomic E-state index is 12.8. The van der Waals surface area contributed by atoms with E-state index in [1.807, 2.05) is 19.1 Å². The molecule has 0 atom stereocenters. The minimum atomic E-state index is -3.86. The Balaban J connectivity index is 1.80. The van der Waals surface area contributed by atoms with E-state index >= 15 is 0 Å². The fourth-order valence-corrected chi connectivity index (χ4v) is 3.97. The molecule has 2 amide bonds. The van der Waals surface area contributed by atoms with E-state index in [-0.39, 0.29) is 16.4 Å². The van der Waals surface area contributed by atoms with Gasteiger partial charge in [0.2, 0.25) is 5.91 Å². The van der Waals surface area contributed by atoms with Crippen molar-refractivity contribution in [2.24, 2.45) is 0 Å². The molecule has 31 heavy (non-hydrogen) atoms. The van der Waals surface area contributed by atoms with Gasteiger partial charge in [-0.2, -0.15) is 0 Å². The average Bonchev–Trinajstić information content (AvgIpc) is 2.71. The molecule has 0 bridgehead atoms. The molecule has 3 aromatic carbocycles. The van der Waals surface area contributed by atoms with E-state index in [1.165, 1.54) is 19.1 Å². The second-order valence-corrected chi connectivity index (χ2v) is 8.84. The molecular formula is C23H23N3O4S. The summed E-state index contributed by atoms with van der Waals surface area (Å²) >= 11 is 0. The molecule has 160 valence electrons. The third kappa shape index (κ3) is 5.70. The molecule has 3 rings (SSSR count). The summed E-state index contributed by atoms with van der Waals surface area (Å²) in [7, 11) is -3.86. The van der Waals surface area contributed by atoms with Crippen molar-refractivity contribution in [3.05, 3.63) is 83.4 Å². The van der Waals surface area contributed by atoms with Gasteiger partial charge in [-0.3, -0.25) is 14.3 Å². The zero-order chi connectivity index (χ0) is 22.6. The van der Waals surface area contributed by atoms with Crippen molar-refractivity contribution in [1.82, 2.24) is 0 Å². The van der Waals surface area contributed by atoms with Gasteiger partial charge >= 0.3 is 0 Å². The highest BCUT2D eigenvalue weighted by Gasteiger charge is 2.18. The van der Waals surface area contributed by atoms with Crippen LogP contribution >= 0.6 is 0 Å². The van der Waals surface area contributed by atoms with Gasteiger partial charge in [0, 0.05) is 29.5 Å². The molecule has 7 nitrogen and oxygen atoms in total. The molecule has 0 aliphatic heterocycles. The van der Waals surface area contributed by atoms with E-state index in [0.717, 1.165) is 5.56 Å². The zero-order valence-corrected chi connectivity index (χ0v) is 18.2. The van der Waals surface area contributed by atoms with Gasteiger partial charge in [-0.15, -0.1) is 0 Å². The Labute approximate surface area is 181 Å². The summed E-state index contributed by atoms with van der Waals surface area (Å²) in [6, 6.07) is 18.0. The third-order valence-electron chi connectivity index (χ3n) is 4.53. The number of amides is 2. The van der Waals surface area contributed by atoms with Crippen LogP contribution in [-0.2, 0) is 14.8 Å². The van der Waals surface area contributed by atoms with Crippen LogP contribution in [0.2, 0.25) is 0 Å². The van der Waals surface area contributed by atoms with Gasteiger partial charge in [0.05, 0.1) is 4.90 Å². The van der Waals surface area contributed by atoms with Crippen molar-refractivity contribution in [2.75, 3.05) is 15.4 Å². The lowest BCUT2D eigenvalue weighted by molar-refractivity contribution is -0.114. The highest BCUT2D eigenvalue weighted by molar-refractivity contribution is 7.92. The molecule has 0 fully saturated rings. The summed E-state index contributed by atoms with van der Waals surface area (Å²) < 4.78 is 28.1. The molecule has 0 aromatic heterocycles. The minimum Gasteiger partial charge on any atom is -0.326 e. The number of aryl methyl sites for hydroxylation is 2. The molecule has 0 spiro atoms. The van der Waals surface area contributed by atoms with Crippen LogP contribution in [0.25, 0.3) is 0 Å². The van der Waals surface area contributed by atoms with Crippen molar-refractivity contribution in [3.63, 3.8) is 0 Å². The topological polar surface area (TPSA) is 104 Å². The van der Waals surface area contributed by atoms with E-state index < -0.39 is 15.9 Å². The first-order chi connectivity index (χ1) is 14.6. The van der Waals surface area contributed by atoms with Crippen LogP contribution in [0.15, 0.2) is 71.6 Å². The molecule has 0 heterocycles. The Kier molecular flexibility index (Phi) is 6.41. The highest BCUT2D eigenvalue weighted by atomic mass is 32.2. The van der Waals surface area contributed by atoms with Gasteiger partial charge in [-0.1, -0.05) is 23.8 Å². The first kappa shape index (κ1) is 22.0. The maximum Gasteiger partial charge on any atom is 0.261 e. The Hall–Kier alpha value is -3.65. The minimum absolute atomic E-state index is 0.00942. The van der Waals surface area contributed by atoms with Crippen molar-refractivity contribution in [3.8, 4) is 0 Å². The number of carbonyl (C=O) groups is 2. The van der Waals surface area contributed by atoms with Crippen molar-refractivity contribution in [1.29, 1.82) is 0 Å². The maximum absolute atomic E-state index is 12.8. The van der Waals surface area contributed by atoms with Crippen LogP contribution in [0.5, 0.6) is 0 Å². The largest absolute Gasteiger partial charge is 0.326 e. The standard InChI is InChI=1S/C23H23N3O4S/c1-15-4-7-20(8-5-15)26-31(29,30)21-13-6-16(2)22(14-21)23(28)25-19-11-9-18(10-12-19)24-17(3)27/h4-14,26H,1-3H3,(H,24,27)(H,25,28). The smallest absolute Gasteiger partial charge is 0.261 e. The molecule has 0 saturated carbocycles. The molecule has 0 saturated heterocycles. The van der Waals surface area contributed by atoms with Crippen LogP contribution < -0.4 is 15.4 Å². The molecule has 3 aromatic rings. The summed E-state index contributed by atoms with van der Waals surface area (Å²) in [5.41, 5.74) is 3.47. The van der Waals surface area contributed by atoms with Gasteiger partial charge in [0.15, 0.2) is 0 Å². The van der Waals surface area contributed by atoms with Gasteiger partial charge in [-0.25, -0.2) is 8.42 Å². The van der Waals surface area contributed by atoms with E-state index in [0.29, 0.717) is 22.6 Å². The molecule has 8 heteroatoms. The number of hydrogen-bond donors (Lipinski definition) is 3. The summed E-state index contributed by atoms with van der Waals surface area (Å²) in [6.07, 6.45) is 0. The monoisotopic (exact) mass is 437 g/mol. The molecule has 3 N–H and O–H groups in total. The first-order valence-corrected chi connectivity index (χ1v) is 11.0. The van der Waals surface area contributed by atoms with Crippen LogP contribution in [0, 0.1) is 13.8 Å². The Morgan fingerprint density at radius 1 is 0.742 bits per heavy atom. The number of rotatable bonds is 6. The second kappa shape index (κ2) is 9.01. The predicted octanol–water partition coefficient (Wildman–Crippen LogP) is 4.31. The van der Waals surface area contributed by atoms with Crippen LogP contribution in [0.3, 0.4) is 0 Å². The Morgan fingerprint density at radius 3 is 1.87 bits per heavy atom. The molecule has 0 unspecified atom stereocenters. The van der Waals surface area contributed by atoms with Gasteiger partial charge in [0.1, 0.15) is 0 Å². The van der Waals surface area contributed by atoms with Crippen molar-refractivity contribution >= 4 is 38.9 Å². The lowest BCUT2D eigenvalue weighted by Crippen LogP contribution is -2.17. The lowest BCUT2D eigenvalue weighted by atomic mass is 10.1. The fraction of sp³-hybridized carbons (Fsp3) is 0.130. The number of anilines is 3. The van der Waals surface area contributed by atoms with Gasteiger partial charge < -0.3 is 10.6 Å². The summed E-state index contributed by atoms with van der Waals surface area (Å²) in [4.78, 5) is 23.9. The molecule has 0 radical (unpaired) electrons. The van der Waals surface area contributed by atoms with Crippen LogP contribution in [0.4, 0.5) is 17.1 Å². The average molecular weight is 438 g/mol. The van der Waals surface area contributed by atoms with Crippen LogP contribution in [0.1, 0.15) is 28.4 Å². The fourth-order valence-electron chi connectivity index (χ4n) is 2.89. The van der Waals surface area contributed by atoms with Crippen molar-refractivity contribution in [2.45, 2.75) is 25.7 Å². The lowest BCUT2D eigenvalue weighted by Gasteiger charge is -2.12. The number of benzene rings is 3. The summed E-state index contributed by atoms with van der Waals surface area (Å²) in [5, 5.41) is 5.40. The number of nitrogens with one attached hydrogen (secondary N) is 3. The summed E-state index contributed by atoms with van der Waals surface area (Å²) in [5.74, 6) is -0.623. The number of sulfonamides is 1. The Bertz CT molecular complexity index is 1220. The zero-order valence-electron chi connectivity index (χ0n) is 17.4. The quantitative estimate of drug-likeness (QED) is 0.534. The summed E-state index contributed by atoms with van der Waals surface area (Å²) in [6.45, 7) is 5.06. The highest BCUT2D eigenvalue weighted by Crippen LogP contribution is 2.21. The SMILES string of the molecule is CC(=O)Nc1ccc(NC(=O)c2cc(S(=O)(=O)Nc3ccc(C)cc3)ccc2C)cc1. The second-order valence-electron chi connectivity index (χ2n) is 7.16. The van der Waals surface area contributed by atoms with E-state index in [4.69, 9.17) is 0 Å². The van der Waals surface area contributed by atoms with E-state index in [2.05, 4.69) is 15.4 Å². The number of carbonyl (C=O) groups excluding carboxylic acids is 2. The normalized spacial score (nSPS) is 10.9. The number of hydrogen-bond acceptors (Lipinski definition) is 4. The predicted molar refractivity (Wildman–Crippen MR) is 122 cm³/mol. The molecule has 0 aliphatic rings. The van der Waals surface area contributed by atoms with Gasteiger partial charge in [-0.05, 0) is 67.9 Å². The third-order valence-corrected chi connectivity index (χ3v) is 5.91. The Morgan fingerprint density at radius 2 is 1.29 bits per heavy atom. The van der Waals surface area contributed by atoms with E-state index in [1.54, 1.807) is 49.4 Å². The molecule has 0 aliphatic carbocycles. The van der Waals surface area contributed by atoms with Crippen LogP contribution in [-0.4, -0.2) is 20.2 Å².